The van der Waals surface area contributed by atoms with Crippen molar-refractivity contribution in [3.63, 3.8) is 0 Å². The largest absolute Gasteiger partial charge is 0.444 e. The van der Waals surface area contributed by atoms with Crippen molar-refractivity contribution in [3.05, 3.63) is 17.3 Å². The molecular formula is C16H23N5O2S. The monoisotopic (exact) mass is 349 g/mol. The molecule has 0 aromatic carbocycles. The van der Waals surface area contributed by atoms with Crippen molar-refractivity contribution in [2.75, 3.05) is 18.8 Å². The van der Waals surface area contributed by atoms with E-state index in [1.54, 1.807) is 16.2 Å². The van der Waals surface area contributed by atoms with E-state index in [-0.39, 0.29) is 6.09 Å². The zero-order chi connectivity index (χ0) is 17.3. The lowest BCUT2D eigenvalue weighted by Crippen LogP contribution is -2.41. The van der Waals surface area contributed by atoms with Gasteiger partial charge in [0.2, 0.25) is 0 Å². The standard InChI is InChI=1S/C16H23N5O2S/c1-16(2,3)23-15(22)21-6-4-10(5-7-21)14-18-9-12(24-14)11-8-13(17)20-19-11/h8-10H,4-7H2,1-3H3,(H3,17,19,20). The highest BCUT2D eigenvalue weighted by Crippen LogP contribution is 2.34. The Bertz CT molecular complexity index is 710. The summed E-state index contributed by atoms with van der Waals surface area (Å²) in [7, 11) is 0. The van der Waals surface area contributed by atoms with Gasteiger partial charge < -0.3 is 15.4 Å². The molecule has 2 aromatic heterocycles. The van der Waals surface area contributed by atoms with Gasteiger partial charge in [-0.1, -0.05) is 0 Å². The highest BCUT2D eigenvalue weighted by atomic mass is 32.1. The van der Waals surface area contributed by atoms with Crippen molar-refractivity contribution >= 4 is 23.2 Å². The van der Waals surface area contributed by atoms with Gasteiger partial charge in [0.15, 0.2) is 0 Å². The Morgan fingerprint density at radius 1 is 1.42 bits per heavy atom. The van der Waals surface area contributed by atoms with Crippen LogP contribution in [0.2, 0.25) is 0 Å². The van der Waals surface area contributed by atoms with E-state index in [1.807, 2.05) is 33.0 Å². The first kappa shape index (κ1) is 16.8. The smallest absolute Gasteiger partial charge is 0.410 e. The molecule has 7 nitrogen and oxygen atoms in total. The van der Waals surface area contributed by atoms with E-state index in [1.165, 1.54) is 0 Å². The molecule has 0 atom stereocenters. The first-order chi connectivity index (χ1) is 11.3. The summed E-state index contributed by atoms with van der Waals surface area (Å²) in [5, 5.41) is 8.00. The molecule has 1 saturated heterocycles. The number of nitrogens with zero attached hydrogens (tertiary/aromatic N) is 3. The van der Waals surface area contributed by atoms with Crippen molar-refractivity contribution in [3.8, 4) is 10.6 Å². The van der Waals surface area contributed by atoms with Gasteiger partial charge in [-0.15, -0.1) is 11.3 Å². The number of aromatic amines is 1. The number of rotatable bonds is 2. The third-order valence-electron chi connectivity index (χ3n) is 3.87. The van der Waals surface area contributed by atoms with Crippen molar-refractivity contribution in [1.82, 2.24) is 20.1 Å². The number of carbonyl (C=O) groups is 1. The summed E-state index contributed by atoms with van der Waals surface area (Å²) in [5.41, 5.74) is 6.04. The highest BCUT2D eigenvalue weighted by molar-refractivity contribution is 7.15. The van der Waals surface area contributed by atoms with Crippen LogP contribution in [0.25, 0.3) is 10.6 Å². The maximum absolute atomic E-state index is 12.1. The topological polar surface area (TPSA) is 97.1 Å². The van der Waals surface area contributed by atoms with Crippen LogP contribution in [-0.4, -0.2) is 44.9 Å². The normalized spacial score (nSPS) is 16.4. The molecular weight excluding hydrogens is 326 g/mol. The number of anilines is 1. The zero-order valence-corrected chi connectivity index (χ0v) is 15.0. The zero-order valence-electron chi connectivity index (χ0n) is 14.2. The van der Waals surface area contributed by atoms with Gasteiger partial charge in [0, 0.05) is 31.3 Å². The lowest BCUT2D eigenvalue weighted by Gasteiger charge is -2.32. The number of hydrogen-bond donors (Lipinski definition) is 2. The summed E-state index contributed by atoms with van der Waals surface area (Å²) in [4.78, 5) is 19.4. The van der Waals surface area contributed by atoms with E-state index >= 15 is 0 Å². The summed E-state index contributed by atoms with van der Waals surface area (Å²) >= 11 is 1.64. The minimum atomic E-state index is -0.455. The Morgan fingerprint density at radius 3 is 2.71 bits per heavy atom. The van der Waals surface area contributed by atoms with Crippen LogP contribution in [0.15, 0.2) is 12.3 Å². The van der Waals surface area contributed by atoms with E-state index in [0.29, 0.717) is 24.8 Å². The van der Waals surface area contributed by atoms with Crippen molar-refractivity contribution in [2.24, 2.45) is 0 Å². The predicted molar refractivity (Wildman–Crippen MR) is 93.9 cm³/mol. The molecule has 130 valence electrons. The Balaban J connectivity index is 1.59. The minimum absolute atomic E-state index is 0.229. The van der Waals surface area contributed by atoms with E-state index < -0.39 is 5.60 Å². The summed E-state index contributed by atoms with van der Waals surface area (Å²) in [6, 6.07) is 1.81. The van der Waals surface area contributed by atoms with Gasteiger partial charge in [-0.05, 0) is 33.6 Å². The molecule has 0 saturated carbocycles. The molecule has 3 rings (SSSR count). The third kappa shape index (κ3) is 3.87. The number of likely N-dealkylation sites (tertiary alicyclic amines) is 1. The maximum atomic E-state index is 12.1. The molecule has 24 heavy (non-hydrogen) atoms. The second-order valence-corrected chi connectivity index (χ2v) is 8.08. The van der Waals surface area contributed by atoms with Gasteiger partial charge in [0.05, 0.1) is 9.88 Å². The number of amides is 1. The van der Waals surface area contributed by atoms with Gasteiger partial charge in [-0.2, -0.15) is 5.10 Å². The first-order valence-corrected chi connectivity index (χ1v) is 8.88. The number of nitrogen functional groups attached to an aromatic ring is 1. The van der Waals surface area contributed by atoms with Crippen molar-refractivity contribution in [2.45, 2.75) is 45.1 Å². The fraction of sp³-hybridized carbons (Fsp3) is 0.562. The van der Waals surface area contributed by atoms with E-state index in [2.05, 4.69) is 15.2 Å². The molecule has 0 aliphatic carbocycles. The van der Waals surface area contributed by atoms with Crippen molar-refractivity contribution < 1.29 is 9.53 Å². The molecule has 1 aliphatic heterocycles. The molecule has 0 spiro atoms. The van der Waals surface area contributed by atoms with Gasteiger partial charge in [-0.3, -0.25) is 5.10 Å². The number of aromatic nitrogens is 3. The number of hydrogen-bond acceptors (Lipinski definition) is 6. The second kappa shape index (κ2) is 6.43. The number of ether oxygens (including phenoxy) is 1. The summed E-state index contributed by atoms with van der Waals surface area (Å²) < 4.78 is 5.43. The predicted octanol–water partition coefficient (Wildman–Crippen LogP) is 3.23. The average Bonchev–Trinajstić information content (AvgIpc) is 3.14. The molecule has 8 heteroatoms. The molecule has 1 fully saturated rings. The van der Waals surface area contributed by atoms with Crippen LogP contribution in [0.1, 0.15) is 44.5 Å². The third-order valence-corrected chi connectivity index (χ3v) is 5.05. The fourth-order valence-electron chi connectivity index (χ4n) is 2.69. The van der Waals surface area contributed by atoms with E-state index in [9.17, 15) is 4.79 Å². The molecule has 3 heterocycles. The summed E-state index contributed by atoms with van der Waals surface area (Å²) in [6.07, 6.45) is 3.41. The van der Waals surface area contributed by atoms with Crippen LogP contribution in [0.4, 0.5) is 10.6 Å². The Kier molecular flexibility index (Phi) is 4.49. The number of piperidine rings is 1. The van der Waals surface area contributed by atoms with Gasteiger partial charge in [0.25, 0.3) is 0 Å². The van der Waals surface area contributed by atoms with Gasteiger partial charge in [0.1, 0.15) is 17.1 Å². The quantitative estimate of drug-likeness (QED) is 0.867. The number of nitrogens with two attached hydrogens (primary N) is 1. The SMILES string of the molecule is CC(C)(C)OC(=O)N1CCC(c2ncc(-c3cc(N)[nH]n3)s2)CC1. The van der Waals surface area contributed by atoms with Crippen molar-refractivity contribution in [1.29, 1.82) is 0 Å². The molecule has 2 aromatic rings. The van der Waals surface area contributed by atoms with Crippen LogP contribution >= 0.6 is 11.3 Å². The van der Waals surface area contributed by atoms with Crippen LogP contribution in [-0.2, 0) is 4.74 Å². The number of nitrogens with one attached hydrogen (secondary N) is 1. The Morgan fingerprint density at radius 2 is 2.12 bits per heavy atom. The average molecular weight is 349 g/mol. The van der Waals surface area contributed by atoms with Crippen LogP contribution in [0.3, 0.4) is 0 Å². The second-order valence-electron chi connectivity index (χ2n) is 7.01. The molecule has 0 unspecified atom stereocenters. The number of thiazole rings is 1. The van der Waals surface area contributed by atoms with E-state index in [4.69, 9.17) is 10.5 Å². The van der Waals surface area contributed by atoms with Gasteiger partial charge >= 0.3 is 6.09 Å². The van der Waals surface area contributed by atoms with Crippen LogP contribution in [0, 0.1) is 0 Å². The highest BCUT2D eigenvalue weighted by Gasteiger charge is 2.28. The Hall–Kier alpha value is -2.09. The van der Waals surface area contributed by atoms with Crippen LogP contribution < -0.4 is 5.73 Å². The molecule has 0 radical (unpaired) electrons. The molecule has 0 bridgehead atoms. The summed E-state index contributed by atoms with van der Waals surface area (Å²) in [6.45, 7) is 7.05. The van der Waals surface area contributed by atoms with Crippen LogP contribution in [0.5, 0.6) is 0 Å². The lowest BCUT2D eigenvalue weighted by molar-refractivity contribution is 0.0205. The first-order valence-electron chi connectivity index (χ1n) is 8.07. The Labute approximate surface area is 145 Å². The van der Waals surface area contributed by atoms with E-state index in [0.717, 1.165) is 28.4 Å². The molecule has 1 aliphatic rings. The summed E-state index contributed by atoms with van der Waals surface area (Å²) in [5.74, 6) is 0.921. The fourth-order valence-corrected chi connectivity index (χ4v) is 3.74. The molecule has 1 amide bonds. The maximum Gasteiger partial charge on any atom is 0.410 e. The lowest BCUT2D eigenvalue weighted by atomic mass is 9.98. The number of carbonyl (C=O) groups excluding carboxylic acids is 1. The minimum Gasteiger partial charge on any atom is -0.444 e. The molecule has 3 N–H and O–H groups in total. The van der Waals surface area contributed by atoms with Gasteiger partial charge in [-0.25, -0.2) is 9.78 Å². The number of H-pyrrole nitrogens is 1.